The predicted octanol–water partition coefficient (Wildman–Crippen LogP) is 3.81. The number of methoxy groups -OCH3 is 1. The topological polar surface area (TPSA) is 148 Å². The number of carbonyl (C=O) groups excluding carboxylic acids is 2. The average molecular weight is 715 g/mol. The molecule has 242 valence electrons. The maximum atomic E-state index is 14.1. The van der Waals surface area contributed by atoms with Gasteiger partial charge in [-0.1, -0.05) is 17.4 Å². The van der Waals surface area contributed by atoms with Crippen LogP contribution in [0.1, 0.15) is 44.9 Å². The van der Waals surface area contributed by atoms with Crippen molar-refractivity contribution in [3.63, 3.8) is 0 Å². The largest absolute Gasteiger partial charge is 0.490 e. The molecule has 4 rings (SSSR count). The Hall–Kier alpha value is -4.61. The first-order chi connectivity index (χ1) is 22.2. The zero-order valence-corrected chi connectivity index (χ0v) is 28.3. The van der Waals surface area contributed by atoms with Crippen LogP contribution in [0.15, 0.2) is 55.9 Å². The van der Waals surface area contributed by atoms with E-state index >= 15 is 0 Å². The number of halogens is 1. The van der Waals surface area contributed by atoms with Crippen molar-refractivity contribution in [3.8, 4) is 29.1 Å². The van der Waals surface area contributed by atoms with Gasteiger partial charge in [0.15, 0.2) is 41.0 Å². The first-order valence-electron chi connectivity index (χ1n) is 14.3. The zero-order valence-electron chi connectivity index (χ0n) is 25.9. The predicted molar refractivity (Wildman–Crippen MR) is 172 cm³/mol. The van der Waals surface area contributed by atoms with Gasteiger partial charge in [-0.3, -0.25) is 9.36 Å². The molecule has 0 fully saturated rings. The van der Waals surface area contributed by atoms with Crippen molar-refractivity contribution in [2.24, 2.45) is 4.99 Å². The smallest absolute Gasteiger partial charge is 0.343 e. The van der Waals surface area contributed by atoms with E-state index in [1.54, 1.807) is 57.2 Å². The van der Waals surface area contributed by atoms with Crippen LogP contribution in [0.3, 0.4) is 0 Å². The lowest BCUT2D eigenvalue weighted by molar-refractivity contribution is -0.143. The third-order valence-corrected chi connectivity index (χ3v) is 8.16. The number of thiazole rings is 1. The van der Waals surface area contributed by atoms with E-state index in [0.29, 0.717) is 66.8 Å². The van der Waals surface area contributed by atoms with Crippen LogP contribution in [-0.4, -0.2) is 56.6 Å². The first-order valence-corrected chi connectivity index (χ1v) is 15.9. The van der Waals surface area contributed by atoms with Crippen LogP contribution in [0.4, 0.5) is 0 Å². The number of fused-ring (bicyclic) bond motifs is 1. The molecule has 0 N–H and O–H groups in total. The second kappa shape index (κ2) is 15.6. The second-order valence-electron chi connectivity index (χ2n) is 9.52. The second-order valence-corrected chi connectivity index (χ2v) is 11.4. The number of nitrogens with zero attached hydrogens (tertiary/aromatic N) is 3. The lowest BCUT2D eigenvalue weighted by atomic mass is 9.95. The van der Waals surface area contributed by atoms with Crippen LogP contribution in [-0.2, 0) is 19.1 Å². The summed E-state index contributed by atoms with van der Waals surface area (Å²) in [7, 11) is 1.26. The summed E-state index contributed by atoms with van der Waals surface area (Å²) in [6.45, 7) is 7.29. The van der Waals surface area contributed by atoms with Gasteiger partial charge >= 0.3 is 11.9 Å². The molecule has 0 spiro atoms. The van der Waals surface area contributed by atoms with Crippen molar-refractivity contribution in [2.75, 3.05) is 40.1 Å². The minimum atomic E-state index is -0.904. The van der Waals surface area contributed by atoms with E-state index in [9.17, 15) is 14.4 Å². The van der Waals surface area contributed by atoms with E-state index in [1.807, 2.05) is 13.0 Å². The lowest BCUT2D eigenvalue weighted by Crippen LogP contribution is -2.40. The summed E-state index contributed by atoms with van der Waals surface area (Å²) in [6, 6.07) is 9.48. The molecule has 0 amide bonds. The molecule has 1 atom stereocenters. The maximum Gasteiger partial charge on any atom is 0.343 e. The number of esters is 2. The fraction of sp³-hybridized carbons (Fsp3) is 0.344. The number of rotatable bonds is 13. The van der Waals surface area contributed by atoms with Crippen LogP contribution in [0.25, 0.3) is 6.08 Å². The molecule has 0 bridgehead atoms. The van der Waals surface area contributed by atoms with Gasteiger partial charge in [-0.2, -0.15) is 5.26 Å². The van der Waals surface area contributed by atoms with Crippen LogP contribution in [0.5, 0.6) is 23.0 Å². The highest BCUT2D eigenvalue weighted by Crippen LogP contribution is 2.38. The third kappa shape index (κ3) is 7.43. The SMILES string of the molecule is CCOC(=O)C1=C(C)N=c2s/c(=C\c3cc(Br)c(OCC#N)c(OCC)c3)c(=O)n2[C@@H]1c1ccc(OCC(=O)OC)c(OCC)c1. The summed E-state index contributed by atoms with van der Waals surface area (Å²) in [4.78, 5) is 44.2. The maximum absolute atomic E-state index is 14.1. The number of ether oxygens (including phenoxy) is 6. The monoisotopic (exact) mass is 713 g/mol. The molecule has 2 heterocycles. The number of aromatic nitrogens is 1. The Kier molecular flexibility index (Phi) is 11.6. The van der Waals surface area contributed by atoms with Crippen molar-refractivity contribution in [3.05, 3.63) is 76.9 Å². The molecule has 0 radical (unpaired) electrons. The van der Waals surface area contributed by atoms with Gasteiger partial charge in [0.05, 0.1) is 53.2 Å². The number of allylic oxidation sites excluding steroid dienone is 1. The minimum Gasteiger partial charge on any atom is -0.490 e. The molecule has 0 unspecified atom stereocenters. The number of hydrogen-bond acceptors (Lipinski definition) is 12. The standard InChI is InChI=1S/C32H32BrN3O9S/c1-6-41-23-16-20(9-10-22(23)45-17-26(37)40-5)28-27(31(39)43-8-3)18(4)35-32-36(28)30(38)25(46-32)15-19-13-21(33)29(44-12-11-34)24(14-19)42-7-2/h9-10,13-16,28H,6-8,12,17H2,1-5H3/b25-15-/t28-/m1/s1. The Morgan fingerprint density at radius 2 is 1.78 bits per heavy atom. The van der Waals surface area contributed by atoms with Crippen LogP contribution < -0.4 is 33.8 Å². The van der Waals surface area contributed by atoms with Gasteiger partial charge in [-0.05, 0) is 85.1 Å². The Bertz CT molecular complexity index is 1890. The average Bonchev–Trinajstić information content (AvgIpc) is 3.33. The van der Waals surface area contributed by atoms with Crippen molar-refractivity contribution in [2.45, 2.75) is 33.7 Å². The van der Waals surface area contributed by atoms with Crippen molar-refractivity contribution < 1.29 is 38.0 Å². The molecule has 46 heavy (non-hydrogen) atoms. The fourth-order valence-electron chi connectivity index (χ4n) is 4.71. The molecule has 0 saturated heterocycles. The van der Waals surface area contributed by atoms with Crippen molar-refractivity contribution in [1.82, 2.24) is 4.57 Å². The Morgan fingerprint density at radius 1 is 1.04 bits per heavy atom. The third-order valence-electron chi connectivity index (χ3n) is 6.58. The first kappa shape index (κ1) is 34.3. The lowest BCUT2D eigenvalue weighted by Gasteiger charge is -2.25. The van der Waals surface area contributed by atoms with Crippen molar-refractivity contribution >= 4 is 45.3 Å². The van der Waals surface area contributed by atoms with Gasteiger partial charge in [-0.15, -0.1) is 0 Å². The van der Waals surface area contributed by atoms with E-state index in [2.05, 4.69) is 25.7 Å². The summed E-state index contributed by atoms with van der Waals surface area (Å²) in [5.41, 5.74) is 1.39. The summed E-state index contributed by atoms with van der Waals surface area (Å²) in [5, 5.41) is 8.97. The number of nitriles is 1. The van der Waals surface area contributed by atoms with Gasteiger partial charge in [0.2, 0.25) is 0 Å². The van der Waals surface area contributed by atoms with Crippen LogP contribution >= 0.6 is 27.3 Å². The van der Waals surface area contributed by atoms with E-state index < -0.39 is 18.0 Å². The van der Waals surface area contributed by atoms with Gasteiger partial charge < -0.3 is 28.4 Å². The normalized spacial score (nSPS) is 14.1. The molecule has 0 aliphatic carbocycles. The van der Waals surface area contributed by atoms with Gasteiger partial charge in [0.1, 0.15) is 6.07 Å². The summed E-state index contributed by atoms with van der Waals surface area (Å²) in [5.74, 6) is 0.218. The van der Waals surface area contributed by atoms with Gasteiger partial charge in [-0.25, -0.2) is 14.6 Å². The molecular formula is C32H32BrN3O9S. The van der Waals surface area contributed by atoms with Crippen LogP contribution in [0.2, 0.25) is 0 Å². The molecule has 12 nitrogen and oxygen atoms in total. The molecule has 3 aromatic rings. The molecule has 1 aliphatic heterocycles. The summed E-state index contributed by atoms with van der Waals surface area (Å²) >= 11 is 4.65. The number of carbonyl (C=O) groups is 2. The highest BCUT2D eigenvalue weighted by Gasteiger charge is 2.34. The Morgan fingerprint density at radius 3 is 2.46 bits per heavy atom. The minimum absolute atomic E-state index is 0.127. The fourth-order valence-corrected chi connectivity index (χ4v) is 6.34. The van der Waals surface area contributed by atoms with E-state index in [1.165, 1.54) is 11.7 Å². The molecule has 14 heteroatoms. The van der Waals surface area contributed by atoms with E-state index in [0.717, 1.165) is 11.3 Å². The summed E-state index contributed by atoms with van der Waals surface area (Å²) in [6.07, 6.45) is 1.70. The number of benzene rings is 2. The summed E-state index contributed by atoms with van der Waals surface area (Å²) < 4.78 is 35.1. The highest BCUT2D eigenvalue weighted by molar-refractivity contribution is 9.10. The van der Waals surface area contributed by atoms with E-state index in [-0.39, 0.29) is 31.0 Å². The number of hydrogen-bond donors (Lipinski definition) is 0. The molecular weight excluding hydrogens is 682 g/mol. The van der Waals surface area contributed by atoms with Crippen molar-refractivity contribution in [1.29, 1.82) is 5.26 Å². The molecule has 1 aromatic heterocycles. The Labute approximate surface area is 277 Å². The molecule has 0 saturated carbocycles. The van der Waals surface area contributed by atoms with E-state index in [4.69, 9.17) is 28.9 Å². The quantitative estimate of drug-likeness (QED) is 0.240. The van der Waals surface area contributed by atoms with Gasteiger partial charge in [0, 0.05) is 0 Å². The molecule has 1 aliphatic rings. The highest BCUT2D eigenvalue weighted by atomic mass is 79.9. The Balaban J connectivity index is 1.90. The van der Waals surface area contributed by atoms with Crippen LogP contribution in [0, 0.1) is 11.3 Å². The molecule has 2 aromatic carbocycles. The zero-order chi connectivity index (χ0) is 33.4. The van der Waals surface area contributed by atoms with Gasteiger partial charge in [0.25, 0.3) is 5.56 Å².